The van der Waals surface area contributed by atoms with Crippen LogP contribution in [0.15, 0.2) is 54.6 Å². The Kier molecular flexibility index (Phi) is 4.56. The topological polar surface area (TPSA) is 35.5 Å². The summed E-state index contributed by atoms with van der Waals surface area (Å²) in [4.78, 5) is 12.1. The molecule has 0 aliphatic rings. The summed E-state index contributed by atoms with van der Waals surface area (Å²) in [5.74, 6) is 1.08. The van der Waals surface area contributed by atoms with Gasteiger partial charge in [0.1, 0.15) is 0 Å². The van der Waals surface area contributed by atoms with Crippen molar-refractivity contribution in [1.29, 1.82) is 0 Å². The Morgan fingerprint density at radius 3 is 2.30 bits per heavy atom. The van der Waals surface area contributed by atoms with Crippen molar-refractivity contribution in [3.05, 3.63) is 65.7 Å². The van der Waals surface area contributed by atoms with E-state index in [0.717, 1.165) is 5.56 Å². The van der Waals surface area contributed by atoms with Gasteiger partial charge in [0.25, 0.3) is 0 Å². The number of carbonyl (C=O) groups is 1. The SMILES string of the molecule is COc1ccc(C(=O)/C=C\c2ccccc2)cc1OC. The summed E-state index contributed by atoms with van der Waals surface area (Å²) in [7, 11) is 3.11. The molecule has 0 heterocycles. The van der Waals surface area contributed by atoms with Crippen LogP contribution in [0.4, 0.5) is 0 Å². The quantitative estimate of drug-likeness (QED) is 0.614. The van der Waals surface area contributed by atoms with Gasteiger partial charge in [0.2, 0.25) is 0 Å². The second-order valence-electron chi connectivity index (χ2n) is 4.18. The maximum atomic E-state index is 12.1. The molecule has 0 saturated carbocycles. The fraction of sp³-hybridized carbons (Fsp3) is 0.118. The van der Waals surface area contributed by atoms with Gasteiger partial charge < -0.3 is 9.47 Å². The largest absolute Gasteiger partial charge is 0.493 e. The predicted molar refractivity (Wildman–Crippen MR) is 79.4 cm³/mol. The van der Waals surface area contributed by atoms with E-state index in [1.54, 1.807) is 44.6 Å². The van der Waals surface area contributed by atoms with Crippen LogP contribution in [0.25, 0.3) is 6.08 Å². The number of allylic oxidation sites excluding steroid dienone is 1. The minimum atomic E-state index is -0.0743. The van der Waals surface area contributed by atoms with Crippen molar-refractivity contribution in [3.8, 4) is 11.5 Å². The Bertz CT molecular complexity index is 615. The average molecular weight is 268 g/mol. The molecular formula is C17H16O3. The normalized spacial score (nSPS) is 10.5. The molecule has 0 aliphatic carbocycles. The molecule has 2 aromatic rings. The van der Waals surface area contributed by atoms with Crippen molar-refractivity contribution in [2.45, 2.75) is 0 Å². The van der Waals surface area contributed by atoms with Crippen molar-refractivity contribution in [2.75, 3.05) is 14.2 Å². The summed E-state index contributed by atoms with van der Waals surface area (Å²) in [5, 5.41) is 0. The fourth-order valence-corrected chi connectivity index (χ4v) is 1.82. The van der Waals surface area contributed by atoms with E-state index in [9.17, 15) is 4.79 Å². The van der Waals surface area contributed by atoms with Gasteiger partial charge in [0.05, 0.1) is 14.2 Å². The molecule has 0 bridgehead atoms. The van der Waals surface area contributed by atoms with Gasteiger partial charge in [-0.3, -0.25) is 4.79 Å². The monoisotopic (exact) mass is 268 g/mol. The van der Waals surface area contributed by atoms with Gasteiger partial charge in [-0.2, -0.15) is 0 Å². The van der Waals surface area contributed by atoms with Crippen molar-refractivity contribution < 1.29 is 14.3 Å². The van der Waals surface area contributed by atoms with Crippen LogP contribution in [0, 0.1) is 0 Å². The number of ether oxygens (including phenoxy) is 2. The molecule has 3 nitrogen and oxygen atoms in total. The molecule has 102 valence electrons. The van der Waals surface area contributed by atoms with Gasteiger partial charge in [-0.1, -0.05) is 36.4 Å². The third-order valence-electron chi connectivity index (χ3n) is 2.89. The highest BCUT2D eigenvalue weighted by Crippen LogP contribution is 2.27. The number of rotatable bonds is 5. The Hall–Kier alpha value is -2.55. The third-order valence-corrected chi connectivity index (χ3v) is 2.89. The average Bonchev–Trinajstić information content (AvgIpc) is 2.52. The molecule has 0 unspecified atom stereocenters. The lowest BCUT2D eigenvalue weighted by molar-refractivity contribution is 0.104. The van der Waals surface area contributed by atoms with E-state index in [0.29, 0.717) is 17.1 Å². The van der Waals surface area contributed by atoms with Crippen LogP contribution in [0.3, 0.4) is 0 Å². The van der Waals surface area contributed by atoms with E-state index < -0.39 is 0 Å². The first kappa shape index (κ1) is 13.9. The molecule has 2 rings (SSSR count). The van der Waals surface area contributed by atoms with Crippen molar-refractivity contribution >= 4 is 11.9 Å². The van der Waals surface area contributed by atoms with Crippen LogP contribution in [-0.4, -0.2) is 20.0 Å². The van der Waals surface area contributed by atoms with E-state index in [1.165, 1.54) is 0 Å². The second kappa shape index (κ2) is 6.57. The maximum absolute atomic E-state index is 12.1. The molecule has 0 saturated heterocycles. The molecule has 0 fully saturated rings. The van der Waals surface area contributed by atoms with Gasteiger partial charge in [0, 0.05) is 5.56 Å². The number of methoxy groups -OCH3 is 2. The van der Waals surface area contributed by atoms with Gasteiger partial charge >= 0.3 is 0 Å². The number of benzene rings is 2. The highest BCUT2D eigenvalue weighted by Gasteiger charge is 2.08. The second-order valence-corrected chi connectivity index (χ2v) is 4.18. The molecule has 2 aromatic carbocycles. The smallest absolute Gasteiger partial charge is 0.185 e. The number of hydrogen-bond acceptors (Lipinski definition) is 3. The summed E-state index contributed by atoms with van der Waals surface area (Å²) < 4.78 is 10.3. The summed E-state index contributed by atoms with van der Waals surface area (Å²) >= 11 is 0. The van der Waals surface area contributed by atoms with E-state index >= 15 is 0 Å². The first-order valence-corrected chi connectivity index (χ1v) is 6.24. The molecular weight excluding hydrogens is 252 g/mol. The molecule has 0 aliphatic heterocycles. The van der Waals surface area contributed by atoms with E-state index in [-0.39, 0.29) is 5.78 Å². The van der Waals surface area contributed by atoms with Crippen LogP contribution in [-0.2, 0) is 0 Å². The lowest BCUT2D eigenvalue weighted by Gasteiger charge is -2.07. The fourth-order valence-electron chi connectivity index (χ4n) is 1.82. The van der Waals surface area contributed by atoms with Gasteiger partial charge in [-0.05, 0) is 29.8 Å². The Balaban J connectivity index is 2.19. The van der Waals surface area contributed by atoms with E-state index in [4.69, 9.17) is 9.47 Å². The van der Waals surface area contributed by atoms with Crippen molar-refractivity contribution in [1.82, 2.24) is 0 Å². The summed E-state index contributed by atoms with van der Waals surface area (Å²) in [6.07, 6.45) is 3.34. The van der Waals surface area contributed by atoms with Crippen LogP contribution in [0.2, 0.25) is 0 Å². The minimum Gasteiger partial charge on any atom is -0.493 e. The lowest BCUT2D eigenvalue weighted by atomic mass is 10.1. The Labute approximate surface area is 118 Å². The zero-order chi connectivity index (χ0) is 14.4. The highest BCUT2D eigenvalue weighted by molar-refractivity contribution is 6.07. The van der Waals surface area contributed by atoms with Crippen LogP contribution in [0.1, 0.15) is 15.9 Å². The molecule has 0 atom stereocenters. The van der Waals surface area contributed by atoms with Gasteiger partial charge in [-0.25, -0.2) is 0 Å². The Morgan fingerprint density at radius 1 is 0.950 bits per heavy atom. The number of carbonyl (C=O) groups excluding carboxylic acids is 1. The Morgan fingerprint density at radius 2 is 1.65 bits per heavy atom. The van der Waals surface area contributed by atoms with E-state index in [2.05, 4.69) is 0 Å². The molecule has 0 spiro atoms. The zero-order valence-corrected chi connectivity index (χ0v) is 11.5. The minimum absolute atomic E-state index is 0.0743. The van der Waals surface area contributed by atoms with Gasteiger partial charge in [-0.15, -0.1) is 0 Å². The summed E-state index contributed by atoms with van der Waals surface area (Å²) in [6.45, 7) is 0. The molecule has 0 amide bonds. The highest BCUT2D eigenvalue weighted by atomic mass is 16.5. The molecule has 3 heteroatoms. The molecule has 0 aromatic heterocycles. The summed E-state index contributed by atoms with van der Waals surface area (Å²) in [5.41, 5.74) is 1.55. The molecule has 20 heavy (non-hydrogen) atoms. The van der Waals surface area contributed by atoms with Crippen LogP contribution in [0.5, 0.6) is 11.5 Å². The molecule has 0 N–H and O–H groups in total. The van der Waals surface area contributed by atoms with Crippen molar-refractivity contribution in [3.63, 3.8) is 0 Å². The van der Waals surface area contributed by atoms with E-state index in [1.807, 2.05) is 30.3 Å². The van der Waals surface area contributed by atoms with Crippen LogP contribution < -0.4 is 9.47 Å². The zero-order valence-electron chi connectivity index (χ0n) is 11.5. The summed E-state index contributed by atoms with van der Waals surface area (Å²) in [6, 6.07) is 14.8. The van der Waals surface area contributed by atoms with Crippen molar-refractivity contribution in [2.24, 2.45) is 0 Å². The number of ketones is 1. The van der Waals surface area contributed by atoms with Gasteiger partial charge in [0.15, 0.2) is 17.3 Å². The maximum Gasteiger partial charge on any atom is 0.185 e. The first-order valence-electron chi connectivity index (χ1n) is 6.24. The number of hydrogen-bond donors (Lipinski definition) is 0. The molecule has 0 radical (unpaired) electrons. The predicted octanol–water partition coefficient (Wildman–Crippen LogP) is 3.60. The third kappa shape index (κ3) is 3.26. The first-order chi connectivity index (χ1) is 9.74. The lowest BCUT2D eigenvalue weighted by Crippen LogP contribution is -1.97. The van der Waals surface area contributed by atoms with Crippen LogP contribution >= 0.6 is 0 Å². The standard InChI is InChI=1S/C17H16O3/c1-19-16-11-9-14(12-17(16)20-2)15(18)10-8-13-6-4-3-5-7-13/h3-12H,1-2H3/b10-8-.